The van der Waals surface area contributed by atoms with Crippen LogP contribution in [-0.2, 0) is 20.9 Å². The summed E-state index contributed by atoms with van der Waals surface area (Å²) >= 11 is 0. The molecule has 8 nitrogen and oxygen atoms in total. The van der Waals surface area contributed by atoms with Crippen LogP contribution < -0.4 is 10.6 Å². The summed E-state index contributed by atoms with van der Waals surface area (Å²) in [5.74, 6) is -0.807. The van der Waals surface area contributed by atoms with Crippen molar-refractivity contribution in [3.8, 4) is 0 Å². The van der Waals surface area contributed by atoms with E-state index in [-0.39, 0.29) is 18.9 Å². The van der Waals surface area contributed by atoms with Crippen molar-refractivity contribution in [2.75, 3.05) is 11.9 Å². The maximum absolute atomic E-state index is 12.6. The molecule has 28 heavy (non-hydrogen) atoms. The van der Waals surface area contributed by atoms with Crippen LogP contribution in [0.25, 0.3) is 0 Å². The Hall–Kier alpha value is -3.13. The maximum Gasteiger partial charge on any atom is 0.252 e. The van der Waals surface area contributed by atoms with Crippen LogP contribution in [0.1, 0.15) is 25.0 Å². The molecule has 1 aliphatic heterocycles. The molecule has 3 rings (SSSR count). The summed E-state index contributed by atoms with van der Waals surface area (Å²) in [5.41, 5.74) is 0.643. The Morgan fingerprint density at radius 3 is 2.68 bits per heavy atom. The van der Waals surface area contributed by atoms with Gasteiger partial charge in [-0.15, -0.1) is 0 Å². The summed E-state index contributed by atoms with van der Waals surface area (Å²) in [5, 5.41) is 15.6. The van der Waals surface area contributed by atoms with Gasteiger partial charge in [-0.3, -0.25) is 14.4 Å². The van der Waals surface area contributed by atoms with Gasteiger partial charge in [0.1, 0.15) is 17.9 Å². The van der Waals surface area contributed by atoms with Crippen LogP contribution in [0.4, 0.5) is 5.69 Å². The second-order valence-corrected chi connectivity index (χ2v) is 6.62. The van der Waals surface area contributed by atoms with Crippen molar-refractivity contribution in [2.45, 2.75) is 38.0 Å². The smallest absolute Gasteiger partial charge is 0.252 e. The summed E-state index contributed by atoms with van der Waals surface area (Å²) in [4.78, 5) is 38.4. The molecule has 1 fully saturated rings. The van der Waals surface area contributed by atoms with Gasteiger partial charge < -0.3 is 25.1 Å². The van der Waals surface area contributed by atoms with E-state index < -0.39 is 24.0 Å². The van der Waals surface area contributed by atoms with Crippen LogP contribution in [0.5, 0.6) is 0 Å². The highest BCUT2D eigenvalue weighted by Gasteiger charge is 2.37. The fourth-order valence-electron chi connectivity index (χ4n) is 3.18. The number of anilines is 1. The summed E-state index contributed by atoms with van der Waals surface area (Å²) < 4.78 is 5.11. The lowest BCUT2D eigenvalue weighted by molar-refractivity contribution is -0.146. The Bertz CT molecular complexity index is 807. The van der Waals surface area contributed by atoms with Crippen LogP contribution in [0.3, 0.4) is 0 Å². The van der Waals surface area contributed by atoms with Gasteiger partial charge in [0.05, 0.1) is 19.2 Å². The van der Waals surface area contributed by atoms with Gasteiger partial charge in [0.2, 0.25) is 11.8 Å². The third-order valence-electron chi connectivity index (χ3n) is 4.58. The minimum absolute atomic E-state index is 0.179. The molecule has 0 saturated carbocycles. The molecule has 3 amide bonds. The highest BCUT2D eigenvalue weighted by molar-refractivity contribution is 5.98. The van der Waals surface area contributed by atoms with Crippen molar-refractivity contribution >= 4 is 23.4 Å². The summed E-state index contributed by atoms with van der Waals surface area (Å²) in [6, 6.07) is 11.7. The standard InChI is InChI=1S/C20H23N3O5/c24-17(12-18(25)21-13-15-8-5-11-28-15)20(27)23-10-4-9-16(23)19(26)22-14-6-2-1-3-7-14/h1-3,5-8,11,16-17,24H,4,9-10,12-13H2,(H,21,25)(H,22,26)/t16-,17+/m0/s1. The summed E-state index contributed by atoms with van der Waals surface area (Å²) in [6.45, 7) is 0.551. The molecule has 8 heteroatoms. The number of furan rings is 1. The second-order valence-electron chi connectivity index (χ2n) is 6.62. The van der Waals surface area contributed by atoms with Gasteiger partial charge in [0.15, 0.2) is 0 Å². The minimum Gasteiger partial charge on any atom is -0.467 e. The number of rotatable bonds is 7. The van der Waals surface area contributed by atoms with Crippen LogP contribution in [0, 0.1) is 0 Å². The number of aliphatic hydroxyl groups excluding tert-OH is 1. The molecule has 148 valence electrons. The lowest BCUT2D eigenvalue weighted by Gasteiger charge is -2.26. The van der Waals surface area contributed by atoms with Gasteiger partial charge in [0, 0.05) is 12.2 Å². The Balaban J connectivity index is 1.52. The topological polar surface area (TPSA) is 112 Å². The quantitative estimate of drug-likeness (QED) is 0.665. The van der Waals surface area contributed by atoms with Gasteiger partial charge in [-0.2, -0.15) is 0 Å². The molecule has 0 aliphatic carbocycles. The van der Waals surface area contributed by atoms with E-state index in [0.717, 1.165) is 0 Å². The molecule has 2 aromatic rings. The third-order valence-corrected chi connectivity index (χ3v) is 4.58. The zero-order chi connectivity index (χ0) is 19.9. The average molecular weight is 385 g/mol. The minimum atomic E-state index is -1.50. The number of carbonyl (C=O) groups excluding carboxylic acids is 3. The lowest BCUT2D eigenvalue weighted by atomic mass is 10.1. The molecule has 3 N–H and O–H groups in total. The summed E-state index contributed by atoms with van der Waals surface area (Å²) in [6.07, 6.45) is 0.802. The molecule has 0 bridgehead atoms. The van der Waals surface area contributed by atoms with Crippen LogP contribution >= 0.6 is 0 Å². The van der Waals surface area contributed by atoms with Crippen molar-refractivity contribution in [3.63, 3.8) is 0 Å². The number of likely N-dealkylation sites (tertiary alicyclic amines) is 1. The fraction of sp³-hybridized carbons (Fsp3) is 0.350. The van der Waals surface area contributed by atoms with Gasteiger partial charge >= 0.3 is 0 Å². The number of hydrogen-bond donors (Lipinski definition) is 3. The zero-order valence-corrected chi connectivity index (χ0v) is 15.3. The predicted molar refractivity (Wildman–Crippen MR) is 101 cm³/mol. The largest absolute Gasteiger partial charge is 0.467 e. The van der Waals surface area contributed by atoms with Crippen molar-refractivity contribution in [1.82, 2.24) is 10.2 Å². The number of aliphatic hydroxyl groups is 1. The molecule has 0 radical (unpaired) electrons. The van der Waals surface area contributed by atoms with E-state index in [1.165, 1.54) is 11.2 Å². The molecular formula is C20H23N3O5. The number of benzene rings is 1. The molecule has 2 heterocycles. The number of para-hydroxylation sites is 1. The van der Waals surface area contributed by atoms with Crippen LogP contribution in [0.2, 0.25) is 0 Å². The van der Waals surface area contributed by atoms with Crippen molar-refractivity contribution < 1.29 is 23.9 Å². The predicted octanol–water partition coefficient (Wildman–Crippen LogP) is 1.28. The fourth-order valence-corrected chi connectivity index (χ4v) is 3.18. The van der Waals surface area contributed by atoms with E-state index in [0.29, 0.717) is 30.8 Å². The Kier molecular flexibility index (Phi) is 6.44. The molecule has 1 aliphatic rings. The first kappa shape index (κ1) is 19.6. The van der Waals surface area contributed by atoms with Crippen LogP contribution in [0.15, 0.2) is 53.1 Å². The number of carbonyl (C=O) groups is 3. The normalized spacial score (nSPS) is 17.2. The zero-order valence-electron chi connectivity index (χ0n) is 15.3. The first-order valence-corrected chi connectivity index (χ1v) is 9.18. The molecule has 0 spiro atoms. The van der Waals surface area contributed by atoms with E-state index in [1.54, 1.807) is 36.4 Å². The van der Waals surface area contributed by atoms with Gasteiger partial charge in [-0.05, 0) is 37.1 Å². The molecule has 1 aromatic carbocycles. The lowest BCUT2D eigenvalue weighted by Crippen LogP contribution is -2.48. The van der Waals surface area contributed by atoms with E-state index in [9.17, 15) is 19.5 Å². The van der Waals surface area contributed by atoms with Gasteiger partial charge in [0.25, 0.3) is 5.91 Å². The van der Waals surface area contributed by atoms with Crippen molar-refractivity contribution in [3.05, 3.63) is 54.5 Å². The van der Waals surface area contributed by atoms with E-state index in [2.05, 4.69) is 10.6 Å². The number of hydrogen-bond acceptors (Lipinski definition) is 5. The molecule has 1 saturated heterocycles. The van der Waals surface area contributed by atoms with E-state index in [1.807, 2.05) is 6.07 Å². The van der Waals surface area contributed by atoms with Crippen molar-refractivity contribution in [2.24, 2.45) is 0 Å². The van der Waals surface area contributed by atoms with E-state index >= 15 is 0 Å². The Morgan fingerprint density at radius 1 is 1.18 bits per heavy atom. The first-order chi connectivity index (χ1) is 13.5. The average Bonchev–Trinajstić information content (AvgIpc) is 3.38. The number of nitrogens with one attached hydrogen (secondary N) is 2. The summed E-state index contributed by atoms with van der Waals surface area (Å²) in [7, 11) is 0. The van der Waals surface area contributed by atoms with Crippen LogP contribution in [-0.4, -0.2) is 46.4 Å². The Morgan fingerprint density at radius 2 is 1.96 bits per heavy atom. The molecule has 1 aromatic heterocycles. The highest BCUT2D eigenvalue weighted by atomic mass is 16.3. The SMILES string of the molecule is O=C(C[C@@H](O)C(=O)N1CCC[C@H]1C(=O)Nc1ccccc1)NCc1ccco1. The number of amides is 3. The molecule has 2 atom stereocenters. The monoisotopic (exact) mass is 385 g/mol. The third kappa shape index (κ3) is 4.98. The maximum atomic E-state index is 12.6. The molecular weight excluding hydrogens is 362 g/mol. The second kappa shape index (κ2) is 9.18. The number of nitrogens with zero attached hydrogens (tertiary/aromatic N) is 1. The Labute approximate surface area is 162 Å². The van der Waals surface area contributed by atoms with E-state index in [4.69, 9.17) is 4.42 Å². The first-order valence-electron chi connectivity index (χ1n) is 9.18. The highest BCUT2D eigenvalue weighted by Crippen LogP contribution is 2.21. The molecule has 0 unspecified atom stereocenters. The van der Waals surface area contributed by atoms with Gasteiger partial charge in [-0.1, -0.05) is 18.2 Å². The van der Waals surface area contributed by atoms with Gasteiger partial charge in [-0.25, -0.2) is 0 Å². The van der Waals surface area contributed by atoms with Crippen molar-refractivity contribution in [1.29, 1.82) is 0 Å².